The summed E-state index contributed by atoms with van der Waals surface area (Å²) in [5.41, 5.74) is 6.78. The molecule has 3 N–H and O–H groups in total. The van der Waals surface area contributed by atoms with Crippen LogP contribution in [0.25, 0.3) is 0 Å². The number of rotatable bonds is 2. The van der Waals surface area contributed by atoms with Gasteiger partial charge in [-0.1, -0.05) is 6.07 Å². The van der Waals surface area contributed by atoms with Crippen LogP contribution >= 0.6 is 0 Å². The fraction of sp³-hybridized carbons (Fsp3) is 0.308. The van der Waals surface area contributed by atoms with Crippen LogP contribution in [-0.2, 0) is 14.3 Å². The number of Topliss-reactive ketones (excluding diaryl/α,β-unsaturated/α-hetero) is 1. The topological polar surface area (TPSA) is 98.5 Å². The number of carbonyl (C=O) groups is 3. The summed E-state index contributed by atoms with van der Waals surface area (Å²) in [4.78, 5) is 35.3. The third-order valence-electron chi connectivity index (χ3n) is 3.08. The summed E-state index contributed by atoms with van der Waals surface area (Å²) >= 11 is 0. The van der Waals surface area contributed by atoms with Crippen LogP contribution in [0.3, 0.4) is 0 Å². The highest BCUT2D eigenvalue weighted by Gasteiger charge is 2.31. The number of amides is 1. The van der Waals surface area contributed by atoms with E-state index >= 15 is 0 Å². The molecule has 0 spiro atoms. The van der Waals surface area contributed by atoms with Crippen LogP contribution in [0.5, 0.6) is 0 Å². The molecule has 1 aliphatic rings. The first kappa shape index (κ1) is 13.1. The molecule has 6 heteroatoms. The Hall–Kier alpha value is -2.37. The second kappa shape index (κ2) is 5.09. The molecular formula is C13H14N2O4. The van der Waals surface area contributed by atoms with Gasteiger partial charge in [0.2, 0.25) is 5.91 Å². The smallest absolute Gasteiger partial charge is 0.306 e. The first-order valence-corrected chi connectivity index (χ1v) is 5.82. The third-order valence-corrected chi connectivity index (χ3v) is 3.08. The first-order chi connectivity index (χ1) is 9.02. The van der Waals surface area contributed by atoms with Crippen LogP contribution in [-0.4, -0.2) is 24.8 Å². The summed E-state index contributed by atoms with van der Waals surface area (Å²) in [5.74, 6) is -1.87. The van der Waals surface area contributed by atoms with Gasteiger partial charge >= 0.3 is 5.97 Å². The number of esters is 1. The lowest BCUT2D eigenvalue weighted by Crippen LogP contribution is -2.25. The molecule has 1 aromatic rings. The summed E-state index contributed by atoms with van der Waals surface area (Å²) < 4.78 is 4.52. The van der Waals surface area contributed by atoms with Gasteiger partial charge in [0.05, 0.1) is 30.7 Å². The summed E-state index contributed by atoms with van der Waals surface area (Å²) in [6.07, 6.45) is -0.176. The van der Waals surface area contributed by atoms with E-state index in [1.165, 1.54) is 7.11 Å². The van der Waals surface area contributed by atoms with Crippen LogP contribution < -0.4 is 11.1 Å². The zero-order valence-electron chi connectivity index (χ0n) is 10.4. The van der Waals surface area contributed by atoms with Crippen molar-refractivity contribution in [3.63, 3.8) is 0 Å². The zero-order chi connectivity index (χ0) is 14.0. The maximum Gasteiger partial charge on any atom is 0.306 e. The largest absolute Gasteiger partial charge is 0.469 e. The van der Waals surface area contributed by atoms with E-state index in [9.17, 15) is 14.4 Å². The molecule has 0 fully saturated rings. The number of carbonyl (C=O) groups excluding carboxylic acids is 3. The number of anilines is 2. The van der Waals surface area contributed by atoms with Crippen molar-refractivity contribution in [2.45, 2.75) is 12.8 Å². The van der Waals surface area contributed by atoms with E-state index in [1.54, 1.807) is 18.2 Å². The summed E-state index contributed by atoms with van der Waals surface area (Å²) in [5, 5.41) is 2.63. The number of nitrogen functional groups attached to an aromatic ring is 1. The van der Waals surface area contributed by atoms with Crippen LogP contribution in [0.4, 0.5) is 11.4 Å². The molecule has 1 heterocycles. The van der Waals surface area contributed by atoms with Crippen LogP contribution in [0.2, 0.25) is 0 Å². The number of fused-ring (bicyclic) bond motifs is 1. The number of hydrogen-bond donors (Lipinski definition) is 2. The number of ketones is 1. The second-order valence-corrected chi connectivity index (χ2v) is 4.36. The number of benzene rings is 1. The summed E-state index contributed by atoms with van der Waals surface area (Å²) in [6, 6.07) is 4.87. The Balaban J connectivity index is 2.31. The molecule has 0 radical (unpaired) electrons. The van der Waals surface area contributed by atoms with E-state index in [2.05, 4.69) is 10.1 Å². The van der Waals surface area contributed by atoms with Gasteiger partial charge in [-0.3, -0.25) is 14.4 Å². The van der Waals surface area contributed by atoms with Crippen molar-refractivity contribution < 1.29 is 19.1 Å². The molecule has 100 valence electrons. The van der Waals surface area contributed by atoms with Gasteiger partial charge in [0.15, 0.2) is 5.78 Å². The molecule has 1 amide bonds. The van der Waals surface area contributed by atoms with Gasteiger partial charge in [-0.05, 0) is 12.1 Å². The third kappa shape index (κ3) is 2.57. The van der Waals surface area contributed by atoms with Crippen molar-refractivity contribution in [3.05, 3.63) is 23.8 Å². The Morgan fingerprint density at radius 1 is 1.47 bits per heavy atom. The molecule has 0 unspecified atom stereocenters. The van der Waals surface area contributed by atoms with Crippen LogP contribution in [0, 0.1) is 5.92 Å². The maximum absolute atomic E-state index is 12.1. The van der Waals surface area contributed by atoms with E-state index in [4.69, 9.17) is 5.73 Å². The van der Waals surface area contributed by atoms with Gasteiger partial charge in [0, 0.05) is 12.1 Å². The van der Waals surface area contributed by atoms with Crippen molar-refractivity contribution in [1.82, 2.24) is 0 Å². The average Bonchev–Trinajstić information content (AvgIpc) is 2.48. The molecule has 1 aromatic carbocycles. The lowest BCUT2D eigenvalue weighted by molar-refractivity contribution is -0.143. The molecule has 1 atom stereocenters. The van der Waals surface area contributed by atoms with E-state index in [0.29, 0.717) is 16.9 Å². The predicted octanol–water partition coefficient (Wildman–Crippen LogP) is 0.973. The quantitative estimate of drug-likeness (QED) is 0.611. The molecule has 2 rings (SSSR count). The van der Waals surface area contributed by atoms with Crippen molar-refractivity contribution in [2.75, 3.05) is 18.2 Å². The highest BCUT2D eigenvalue weighted by molar-refractivity contribution is 6.13. The van der Waals surface area contributed by atoms with E-state index < -0.39 is 11.9 Å². The minimum absolute atomic E-state index is 0.0534. The van der Waals surface area contributed by atoms with Crippen molar-refractivity contribution in [2.24, 2.45) is 5.92 Å². The molecule has 0 saturated heterocycles. The van der Waals surface area contributed by atoms with Crippen molar-refractivity contribution in [1.29, 1.82) is 0 Å². The highest BCUT2D eigenvalue weighted by atomic mass is 16.5. The SMILES string of the molecule is COC(=O)C[C@H]1CC(=O)c2c(N)cccc2NC1=O. The molecule has 0 saturated carbocycles. The van der Waals surface area contributed by atoms with Gasteiger partial charge in [-0.25, -0.2) is 0 Å². The lowest BCUT2D eigenvalue weighted by Gasteiger charge is -2.10. The Morgan fingerprint density at radius 2 is 2.21 bits per heavy atom. The van der Waals surface area contributed by atoms with Crippen LogP contribution in [0.1, 0.15) is 23.2 Å². The van der Waals surface area contributed by atoms with E-state index in [1.807, 2.05) is 0 Å². The number of ether oxygens (including phenoxy) is 1. The standard InChI is InChI=1S/C13H14N2O4/c1-19-11(17)6-7-5-10(16)12-8(14)3-2-4-9(12)15-13(7)18/h2-4,7H,5-6,14H2,1H3,(H,15,18)/t7-/m1/s1. The van der Waals surface area contributed by atoms with Gasteiger partial charge in [-0.2, -0.15) is 0 Å². The maximum atomic E-state index is 12.1. The Labute approximate surface area is 109 Å². The summed E-state index contributed by atoms with van der Waals surface area (Å²) in [7, 11) is 1.24. The molecule has 0 aromatic heterocycles. The Kier molecular flexibility index (Phi) is 3.50. The fourth-order valence-corrected chi connectivity index (χ4v) is 2.09. The average molecular weight is 262 g/mol. The molecule has 19 heavy (non-hydrogen) atoms. The van der Waals surface area contributed by atoms with Gasteiger partial charge < -0.3 is 15.8 Å². The molecular weight excluding hydrogens is 248 g/mol. The zero-order valence-corrected chi connectivity index (χ0v) is 10.4. The lowest BCUT2D eigenvalue weighted by atomic mass is 9.96. The van der Waals surface area contributed by atoms with E-state index in [-0.39, 0.29) is 24.5 Å². The minimum atomic E-state index is -0.730. The number of nitrogens with one attached hydrogen (secondary N) is 1. The fourth-order valence-electron chi connectivity index (χ4n) is 2.09. The van der Waals surface area contributed by atoms with E-state index in [0.717, 1.165) is 0 Å². The summed E-state index contributed by atoms with van der Waals surface area (Å²) in [6.45, 7) is 0. The first-order valence-electron chi connectivity index (χ1n) is 5.82. The van der Waals surface area contributed by atoms with Gasteiger partial charge in [0.25, 0.3) is 0 Å². The highest BCUT2D eigenvalue weighted by Crippen LogP contribution is 2.29. The Morgan fingerprint density at radius 3 is 2.89 bits per heavy atom. The predicted molar refractivity (Wildman–Crippen MR) is 68.6 cm³/mol. The van der Waals surface area contributed by atoms with Crippen molar-refractivity contribution in [3.8, 4) is 0 Å². The normalized spacial score (nSPS) is 18.3. The monoisotopic (exact) mass is 262 g/mol. The Bertz CT molecular complexity index is 554. The van der Waals surface area contributed by atoms with Crippen LogP contribution in [0.15, 0.2) is 18.2 Å². The number of nitrogens with two attached hydrogens (primary N) is 1. The van der Waals surface area contributed by atoms with Gasteiger partial charge in [-0.15, -0.1) is 0 Å². The number of hydrogen-bond acceptors (Lipinski definition) is 5. The molecule has 6 nitrogen and oxygen atoms in total. The van der Waals surface area contributed by atoms with Gasteiger partial charge in [0.1, 0.15) is 0 Å². The number of methoxy groups -OCH3 is 1. The molecule has 0 aliphatic carbocycles. The second-order valence-electron chi connectivity index (χ2n) is 4.36. The minimum Gasteiger partial charge on any atom is -0.469 e. The van der Waals surface area contributed by atoms with Crippen molar-refractivity contribution >= 4 is 29.0 Å². The molecule has 0 bridgehead atoms. The molecule has 1 aliphatic heterocycles.